The summed E-state index contributed by atoms with van der Waals surface area (Å²) in [6.07, 6.45) is 0.914. The van der Waals surface area contributed by atoms with Gasteiger partial charge in [-0.25, -0.2) is 0 Å². The molecule has 0 aliphatic carbocycles. The van der Waals surface area contributed by atoms with Gasteiger partial charge in [0.05, 0.1) is 31.5 Å². The maximum absolute atomic E-state index is 5.87. The second kappa shape index (κ2) is 6.58. The van der Waals surface area contributed by atoms with Crippen molar-refractivity contribution in [2.75, 3.05) is 19.7 Å². The van der Waals surface area contributed by atoms with Crippen LogP contribution in [0, 0.1) is 13.8 Å². The second-order valence-corrected chi connectivity index (χ2v) is 5.78. The first kappa shape index (κ1) is 15.2. The van der Waals surface area contributed by atoms with Crippen LogP contribution in [0.5, 0.6) is 0 Å². The SMILES string of the molecule is CCc1nnc(CN2CCOC(Cn3nc(C)cc3C)C2)o1. The van der Waals surface area contributed by atoms with Crippen LogP contribution >= 0.6 is 0 Å². The standard InChI is InChI=1S/C15H23N5O2/c1-4-14-16-17-15(22-14)10-19-5-6-21-13(8-19)9-20-12(3)7-11(2)18-20/h7,13H,4-6,8-10H2,1-3H3. The molecule has 7 nitrogen and oxygen atoms in total. The maximum Gasteiger partial charge on any atom is 0.230 e. The Labute approximate surface area is 130 Å². The highest BCUT2D eigenvalue weighted by atomic mass is 16.5. The fraction of sp³-hybridized carbons (Fsp3) is 0.667. The zero-order valence-electron chi connectivity index (χ0n) is 13.4. The van der Waals surface area contributed by atoms with Crippen LogP contribution in [0.2, 0.25) is 0 Å². The number of aryl methyl sites for hydroxylation is 3. The highest BCUT2D eigenvalue weighted by Crippen LogP contribution is 2.13. The molecule has 0 saturated carbocycles. The predicted molar refractivity (Wildman–Crippen MR) is 80.4 cm³/mol. The fourth-order valence-electron chi connectivity index (χ4n) is 2.77. The van der Waals surface area contributed by atoms with Crippen molar-refractivity contribution in [2.24, 2.45) is 0 Å². The zero-order valence-corrected chi connectivity index (χ0v) is 13.4. The van der Waals surface area contributed by atoms with Crippen molar-refractivity contribution < 1.29 is 9.15 Å². The molecule has 3 heterocycles. The monoisotopic (exact) mass is 305 g/mol. The summed E-state index contributed by atoms with van der Waals surface area (Å²) >= 11 is 0. The van der Waals surface area contributed by atoms with Gasteiger partial charge >= 0.3 is 0 Å². The van der Waals surface area contributed by atoms with Crippen molar-refractivity contribution in [3.8, 4) is 0 Å². The number of hydrogen-bond donors (Lipinski definition) is 0. The summed E-state index contributed by atoms with van der Waals surface area (Å²) in [7, 11) is 0. The third-order valence-electron chi connectivity index (χ3n) is 3.87. The summed E-state index contributed by atoms with van der Waals surface area (Å²) in [6.45, 7) is 10.0. The summed E-state index contributed by atoms with van der Waals surface area (Å²) in [4.78, 5) is 2.30. The van der Waals surface area contributed by atoms with E-state index in [4.69, 9.17) is 9.15 Å². The van der Waals surface area contributed by atoms with E-state index < -0.39 is 0 Å². The van der Waals surface area contributed by atoms with Gasteiger partial charge in [0, 0.05) is 25.2 Å². The van der Waals surface area contributed by atoms with Crippen molar-refractivity contribution in [3.63, 3.8) is 0 Å². The van der Waals surface area contributed by atoms with E-state index in [0.29, 0.717) is 18.3 Å². The normalized spacial score (nSPS) is 19.7. The molecular formula is C15H23N5O2. The van der Waals surface area contributed by atoms with Gasteiger partial charge in [0.15, 0.2) is 0 Å². The van der Waals surface area contributed by atoms with Gasteiger partial charge in [0.1, 0.15) is 0 Å². The van der Waals surface area contributed by atoms with Crippen LogP contribution in [0.25, 0.3) is 0 Å². The fourth-order valence-corrected chi connectivity index (χ4v) is 2.77. The Balaban J connectivity index is 1.58. The molecule has 120 valence electrons. The van der Waals surface area contributed by atoms with E-state index in [1.165, 1.54) is 5.69 Å². The minimum absolute atomic E-state index is 0.139. The Morgan fingerprint density at radius 1 is 1.27 bits per heavy atom. The molecule has 1 aliphatic rings. The molecule has 22 heavy (non-hydrogen) atoms. The lowest BCUT2D eigenvalue weighted by Crippen LogP contribution is -2.44. The summed E-state index contributed by atoms with van der Waals surface area (Å²) < 4.78 is 13.5. The molecule has 1 unspecified atom stereocenters. The molecule has 0 bridgehead atoms. The molecule has 2 aromatic rings. The molecule has 1 atom stereocenters. The van der Waals surface area contributed by atoms with Gasteiger partial charge in [-0.05, 0) is 19.9 Å². The molecule has 0 aromatic carbocycles. The molecule has 2 aromatic heterocycles. The number of ether oxygens (including phenoxy) is 1. The van der Waals surface area contributed by atoms with Crippen molar-refractivity contribution in [1.29, 1.82) is 0 Å². The van der Waals surface area contributed by atoms with Crippen molar-refractivity contribution in [2.45, 2.75) is 46.4 Å². The minimum Gasteiger partial charge on any atom is -0.424 e. The van der Waals surface area contributed by atoms with Crippen LogP contribution < -0.4 is 0 Å². The van der Waals surface area contributed by atoms with Gasteiger partial charge in [0.2, 0.25) is 11.8 Å². The molecule has 1 saturated heterocycles. The summed E-state index contributed by atoms with van der Waals surface area (Å²) in [5, 5.41) is 12.6. The van der Waals surface area contributed by atoms with E-state index in [-0.39, 0.29) is 6.10 Å². The smallest absolute Gasteiger partial charge is 0.230 e. The van der Waals surface area contributed by atoms with Gasteiger partial charge in [-0.3, -0.25) is 9.58 Å². The molecule has 0 spiro atoms. The lowest BCUT2D eigenvalue weighted by Gasteiger charge is -2.32. The lowest BCUT2D eigenvalue weighted by atomic mass is 10.2. The van der Waals surface area contributed by atoms with Crippen LogP contribution in [-0.4, -0.2) is 50.7 Å². The zero-order chi connectivity index (χ0) is 15.5. The predicted octanol–water partition coefficient (Wildman–Crippen LogP) is 1.35. The molecule has 0 radical (unpaired) electrons. The van der Waals surface area contributed by atoms with Gasteiger partial charge in [-0.1, -0.05) is 6.92 Å². The first-order valence-corrected chi connectivity index (χ1v) is 7.80. The van der Waals surface area contributed by atoms with Gasteiger partial charge in [-0.2, -0.15) is 5.10 Å². The van der Waals surface area contributed by atoms with Crippen molar-refractivity contribution >= 4 is 0 Å². The molecule has 7 heteroatoms. The van der Waals surface area contributed by atoms with Crippen molar-refractivity contribution in [3.05, 3.63) is 29.2 Å². The summed E-state index contributed by atoms with van der Waals surface area (Å²) in [5.74, 6) is 1.38. The van der Waals surface area contributed by atoms with Gasteiger partial charge < -0.3 is 9.15 Å². The Hall–Kier alpha value is -1.73. The molecule has 3 rings (SSSR count). The molecule has 0 amide bonds. The number of morpholine rings is 1. The van der Waals surface area contributed by atoms with Crippen LogP contribution in [-0.2, 0) is 24.2 Å². The van der Waals surface area contributed by atoms with Crippen molar-refractivity contribution in [1.82, 2.24) is 24.9 Å². The third kappa shape index (κ3) is 3.53. The van der Waals surface area contributed by atoms with Crippen LogP contribution in [0.4, 0.5) is 0 Å². The van der Waals surface area contributed by atoms with E-state index in [1.54, 1.807) is 0 Å². The van der Waals surface area contributed by atoms with E-state index in [9.17, 15) is 0 Å². The summed E-state index contributed by atoms with van der Waals surface area (Å²) in [6, 6.07) is 2.09. The maximum atomic E-state index is 5.87. The molecular weight excluding hydrogens is 282 g/mol. The Morgan fingerprint density at radius 3 is 2.77 bits per heavy atom. The lowest BCUT2D eigenvalue weighted by molar-refractivity contribution is -0.0426. The largest absolute Gasteiger partial charge is 0.424 e. The first-order valence-electron chi connectivity index (χ1n) is 7.80. The van der Waals surface area contributed by atoms with Crippen LogP contribution in [0.3, 0.4) is 0 Å². The Bertz CT molecular complexity index is 621. The van der Waals surface area contributed by atoms with E-state index in [1.807, 2.05) is 18.5 Å². The Kier molecular flexibility index (Phi) is 4.54. The van der Waals surface area contributed by atoms with Gasteiger partial charge in [-0.15, -0.1) is 10.2 Å². The third-order valence-corrected chi connectivity index (χ3v) is 3.87. The highest BCUT2D eigenvalue weighted by molar-refractivity contribution is 5.06. The molecule has 1 aliphatic heterocycles. The highest BCUT2D eigenvalue weighted by Gasteiger charge is 2.23. The van der Waals surface area contributed by atoms with Gasteiger partial charge in [0.25, 0.3) is 0 Å². The number of rotatable bonds is 5. The van der Waals surface area contributed by atoms with Crippen LogP contribution in [0.15, 0.2) is 10.5 Å². The number of nitrogens with zero attached hydrogens (tertiary/aromatic N) is 5. The number of hydrogen-bond acceptors (Lipinski definition) is 6. The van der Waals surface area contributed by atoms with E-state index >= 15 is 0 Å². The molecule has 1 fully saturated rings. The van der Waals surface area contributed by atoms with E-state index in [0.717, 1.165) is 38.4 Å². The summed E-state index contributed by atoms with van der Waals surface area (Å²) in [5.41, 5.74) is 2.21. The first-order chi connectivity index (χ1) is 10.6. The minimum atomic E-state index is 0.139. The topological polar surface area (TPSA) is 69.2 Å². The number of aromatic nitrogens is 4. The second-order valence-electron chi connectivity index (χ2n) is 5.78. The van der Waals surface area contributed by atoms with Crippen LogP contribution in [0.1, 0.15) is 30.1 Å². The molecule has 0 N–H and O–H groups in total. The average molecular weight is 305 g/mol. The average Bonchev–Trinajstić information content (AvgIpc) is 3.06. The quantitative estimate of drug-likeness (QED) is 0.830. The van der Waals surface area contributed by atoms with E-state index in [2.05, 4.69) is 33.2 Å². The Morgan fingerprint density at radius 2 is 2.09 bits per heavy atom.